The quantitative estimate of drug-likeness (QED) is 0.443. The van der Waals surface area contributed by atoms with E-state index in [0.717, 1.165) is 22.9 Å². The second-order valence-corrected chi connectivity index (χ2v) is 3.59. The average molecular weight is 277 g/mol. The van der Waals surface area contributed by atoms with Crippen LogP contribution in [0.4, 0.5) is 0 Å². The van der Waals surface area contributed by atoms with Gasteiger partial charge in [-0.15, -0.1) is 0 Å². The Bertz CT molecular complexity index is 70.1. The summed E-state index contributed by atoms with van der Waals surface area (Å²) in [5, 5.41) is 9.60. The van der Waals surface area contributed by atoms with Gasteiger partial charge in [0.2, 0.25) is 0 Å². The van der Waals surface area contributed by atoms with Crippen molar-refractivity contribution in [2.24, 2.45) is 0 Å². The molecule has 1 N–H and O–H groups in total. The number of halogens is 2. The summed E-state index contributed by atoms with van der Waals surface area (Å²) in [4.78, 5) is 0. The van der Waals surface area contributed by atoms with E-state index in [1.807, 2.05) is 0 Å². The molecule has 0 saturated carbocycles. The highest BCUT2D eigenvalue weighted by molar-refractivity contribution is 9.09. The van der Waals surface area contributed by atoms with Crippen molar-refractivity contribution in [1.82, 2.24) is 0 Å². The summed E-state index contributed by atoms with van der Waals surface area (Å²) in [6, 6.07) is 0. The molecule has 0 unspecified atom stereocenters. The highest BCUT2D eigenvalue weighted by Gasteiger charge is 2.11. The average Bonchev–Trinajstić information content (AvgIpc) is 1.64. The largest absolute Gasteiger partial charge is 1.00 e. The van der Waals surface area contributed by atoms with Crippen LogP contribution in [-0.2, 0) is 0 Å². The molecule has 0 aliphatic carbocycles. The maximum Gasteiger partial charge on any atom is 0.102 e. The summed E-state index contributed by atoms with van der Waals surface area (Å²) in [7, 11) is 4.22. The van der Waals surface area contributed by atoms with Crippen molar-refractivity contribution >= 4 is 15.9 Å². The van der Waals surface area contributed by atoms with Gasteiger partial charge < -0.3 is 26.6 Å². The van der Waals surface area contributed by atoms with Gasteiger partial charge in [-0.1, -0.05) is 15.9 Å². The third-order valence-electron chi connectivity index (χ3n) is 1.40. The fraction of sp³-hybridized carbons (Fsp3) is 1.00. The minimum atomic E-state index is 0. The van der Waals surface area contributed by atoms with Gasteiger partial charge in [0.15, 0.2) is 0 Å². The van der Waals surface area contributed by atoms with Crippen molar-refractivity contribution in [1.29, 1.82) is 0 Å². The lowest BCUT2D eigenvalue weighted by atomic mass is 10.4. The standard InChI is InChI=1S/C6H15BrNO.BrH/c1-8(2,4-3-7)5-6-9;/h9H,3-6H2,1-2H3;1H/q+1;/p-1. The normalized spacial score (nSPS) is 10.8. The number of hydrogen-bond donors (Lipinski definition) is 1. The van der Waals surface area contributed by atoms with Crippen molar-refractivity contribution < 1.29 is 26.6 Å². The summed E-state index contributed by atoms with van der Waals surface area (Å²) in [6.07, 6.45) is 0. The number of alkyl halides is 1. The van der Waals surface area contributed by atoms with Crippen LogP contribution in [-0.4, -0.2) is 48.7 Å². The first-order valence-corrected chi connectivity index (χ1v) is 4.23. The molecule has 0 saturated heterocycles. The molecular weight excluding hydrogens is 262 g/mol. The molecule has 0 fully saturated rings. The SMILES string of the molecule is C[N+](C)(CCO)CCBr.[Br-]. The Morgan fingerprint density at radius 3 is 2.10 bits per heavy atom. The molecule has 4 heteroatoms. The molecule has 0 heterocycles. The minimum Gasteiger partial charge on any atom is -1.00 e. The molecule has 0 rings (SSSR count). The van der Waals surface area contributed by atoms with Gasteiger partial charge in [-0.25, -0.2) is 0 Å². The van der Waals surface area contributed by atoms with Gasteiger partial charge in [0, 0.05) is 0 Å². The Balaban J connectivity index is 0. The predicted octanol–water partition coefficient (Wildman–Crippen LogP) is -2.55. The van der Waals surface area contributed by atoms with Gasteiger partial charge in [0.1, 0.15) is 6.54 Å². The van der Waals surface area contributed by atoms with Crippen LogP contribution in [0.1, 0.15) is 0 Å². The molecule has 0 radical (unpaired) electrons. The number of rotatable bonds is 4. The van der Waals surface area contributed by atoms with Crippen LogP contribution in [0.2, 0.25) is 0 Å². The number of likely N-dealkylation sites (N-methyl/N-ethyl adjacent to an activating group) is 1. The topological polar surface area (TPSA) is 20.2 Å². The fourth-order valence-corrected chi connectivity index (χ4v) is 1.57. The molecule has 0 spiro atoms. The van der Waals surface area contributed by atoms with Crippen LogP contribution in [0.15, 0.2) is 0 Å². The number of aliphatic hydroxyl groups excluding tert-OH is 1. The highest BCUT2D eigenvalue weighted by atomic mass is 79.9. The summed E-state index contributed by atoms with van der Waals surface area (Å²) >= 11 is 3.36. The Hall–Kier alpha value is 0.880. The zero-order valence-corrected chi connectivity index (χ0v) is 9.65. The molecule has 0 atom stereocenters. The molecule has 2 nitrogen and oxygen atoms in total. The van der Waals surface area contributed by atoms with E-state index in [0.29, 0.717) is 0 Å². The first-order valence-electron chi connectivity index (χ1n) is 3.11. The van der Waals surface area contributed by atoms with Crippen molar-refractivity contribution in [3.8, 4) is 0 Å². The summed E-state index contributed by atoms with van der Waals surface area (Å²) in [5.74, 6) is 0. The lowest BCUT2D eigenvalue weighted by Gasteiger charge is -2.27. The summed E-state index contributed by atoms with van der Waals surface area (Å²) < 4.78 is 0.891. The molecule has 0 aliphatic rings. The Labute approximate surface area is 81.7 Å². The van der Waals surface area contributed by atoms with Crippen LogP contribution < -0.4 is 17.0 Å². The van der Waals surface area contributed by atoms with E-state index in [4.69, 9.17) is 5.11 Å². The second kappa shape index (κ2) is 6.58. The first-order chi connectivity index (χ1) is 4.12. The Kier molecular flexibility index (Phi) is 8.86. The molecule has 0 bridgehead atoms. The highest BCUT2D eigenvalue weighted by Crippen LogP contribution is 1.96. The van der Waals surface area contributed by atoms with Crippen LogP contribution in [0.25, 0.3) is 0 Å². The summed E-state index contributed by atoms with van der Waals surface area (Å²) in [5.41, 5.74) is 0. The van der Waals surface area contributed by atoms with Crippen LogP contribution in [0, 0.1) is 0 Å². The molecule has 0 amide bonds. The number of aliphatic hydroxyl groups is 1. The zero-order chi connectivity index (χ0) is 7.33. The smallest absolute Gasteiger partial charge is 0.102 e. The van der Waals surface area contributed by atoms with Crippen molar-refractivity contribution in [2.75, 3.05) is 39.1 Å². The molecule has 0 aromatic heterocycles. The van der Waals surface area contributed by atoms with Crippen LogP contribution in [0.3, 0.4) is 0 Å². The molecule has 0 aromatic carbocycles. The zero-order valence-electron chi connectivity index (χ0n) is 6.48. The van der Waals surface area contributed by atoms with E-state index in [1.165, 1.54) is 0 Å². The van der Waals surface area contributed by atoms with E-state index in [9.17, 15) is 0 Å². The van der Waals surface area contributed by atoms with Crippen molar-refractivity contribution in [2.45, 2.75) is 0 Å². The Morgan fingerprint density at radius 1 is 1.30 bits per heavy atom. The maximum absolute atomic E-state index is 8.60. The summed E-state index contributed by atoms with van der Waals surface area (Å²) in [6.45, 7) is 2.19. The lowest BCUT2D eigenvalue weighted by molar-refractivity contribution is -0.888. The molecule has 10 heavy (non-hydrogen) atoms. The van der Waals surface area contributed by atoms with Crippen molar-refractivity contribution in [3.05, 3.63) is 0 Å². The van der Waals surface area contributed by atoms with Gasteiger partial charge in [-0.3, -0.25) is 0 Å². The van der Waals surface area contributed by atoms with E-state index in [2.05, 4.69) is 30.0 Å². The monoisotopic (exact) mass is 275 g/mol. The fourth-order valence-electron chi connectivity index (χ4n) is 0.611. The number of nitrogens with zero attached hydrogens (tertiary/aromatic N) is 1. The van der Waals surface area contributed by atoms with Gasteiger partial charge >= 0.3 is 0 Å². The molecule has 0 aliphatic heterocycles. The van der Waals surface area contributed by atoms with Crippen molar-refractivity contribution in [3.63, 3.8) is 0 Å². The van der Waals surface area contributed by atoms with E-state index in [-0.39, 0.29) is 23.6 Å². The van der Waals surface area contributed by atoms with E-state index >= 15 is 0 Å². The third-order valence-corrected chi connectivity index (χ3v) is 1.75. The molecular formula is C6H15Br2NO. The number of hydrogen-bond acceptors (Lipinski definition) is 1. The van der Waals surface area contributed by atoms with E-state index in [1.54, 1.807) is 0 Å². The lowest BCUT2D eigenvalue weighted by Crippen LogP contribution is -3.00. The second-order valence-electron chi connectivity index (χ2n) is 2.80. The van der Waals surface area contributed by atoms with Crippen LogP contribution >= 0.6 is 15.9 Å². The Morgan fingerprint density at radius 2 is 1.80 bits per heavy atom. The van der Waals surface area contributed by atoms with Crippen LogP contribution in [0.5, 0.6) is 0 Å². The molecule has 64 valence electrons. The predicted molar refractivity (Wildman–Crippen MR) is 42.7 cm³/mol. The molecule has 0 aromatic rings. The van der Waals surface area contributed by atoms with E-state index < -0.39 is 0 Å². The van der Waals surface area contributed by atoms with Gasteiger partial charge in [-0.05, 0) is 0 Å². The first kappa shape index (κ1) is 13.5. The van der Waals surface area contributed by atoms with Gasteiger partial charge in [-0.2, -0.15) is 0 Å². The third kappa shape index (κ3) is 6.99. The number of quaternary nitrogens is 1. The van der Waals surface area contributed by atoms with Gasteiger partial charge in [0.05, 0.1) is 32.6 Å². The maximum atomic E-state index is 8.60. The van der Waals surface area contributed by atoms with Gasteiger partial charge in [0.25, 0.3) is 0 Å². The minimum absolute atomic E-state index is 0.